The Hall–Kier alpha value is -1.35. The molecule has 4 rings (SSSR count). The van der Waals surface area contributed by atoms with Crippen LogP contribution in [0.25, 0.3) is 0 Å². The van der Waals surface area contributed by atoms with Crippen molar-refractivity contribution >= 4 is 22.7 Å². The van der Waals surface area contributed by atoms with Crippen LogP contribution in [-0.4, -0.2) is 16.7 Å². The fourth-order valence-electron chi connectivity index (χ4n) is 2.43. The summed E-state index contributed by atoms with van der Waals surface area (Å²) in [5.41, 5.74) is -0.782. The van der Waals surface area contributed by atoms with Gasteiger partial charge in [0.05, 0.1) is 0 Å². The van der Waals surface area contributed by atoms with E-state index in [4.69, 9.17) is 16.3 Å². The number of esters is 1. The fourth-order valence-corrected chi connectivity index (χ4v) is 2.71. The number of hydrogen-bond acceptors (Lipinski definition) is 3. The summed E-state index contributed by atoms with van der Waals surface area (Å²) in [5, 5.41) is 0.396. The van der Waals surface area contributed by atoms with E-state index in [0.29, 0.717) is 11.6 Å². The van der Waals surface area contributed by atoms with Crippen molar-refractivity contribution in [2.24, 2.45) is 4.99 Å². The van der Waals surface area contributed by atoms with Gasteiger partial charge in [-0.15, -0.1) is 0 Å². The molecule has 0 N–H and O–H groups in total. The summed E-state index contributed by atoms with van der Waals surface area (Å²) < 4.78 is 5.44. The average molecular weight is 250 g/mol. The molecule has 0 aliphatic carbocycles. The number of nitrogens with zero attached hydrogens (tertiary/aromatic N) is 1. The number of rotatable bonds is 1. The largest absolute Gasteiger partial charge is 0.450 e. The predicted molar refractivity (Wildman–Crippen MR) is 65.1 cm³/mol. The first-order valence-electron chi connectivity index (χ1n) is 5.62. The average Bonchev–Trinajstić information content (AvgIpc) is 2.33. The Balaban J connectivity index is 2.18. The molecule has 3 aliphatic rings. The Bertz CT molecular complexity index is 513. The van der Waals surface area contributed by atoms with Gasteiger partial charge in [0.25, 0.3) is 0 Å². The van der Waals surface area contributed by atoms with Gasteiger partial charge in [0.2, 0.25) is 0 Å². The lowest BCUT2D eigenvalue weighted by atomic mass is 9.77. The number of aliphatic imine (C=N–C) groups is 1. The highest BCUT2D eigenvalue weighted by Gasteiger charge is 2.56. The van der Waals surface area contributed by atoms with Crippen molar-refractivity contribution < 1.29 is 9.53 Å². The van der Waals surface area contributed by atoms with Crippen LogP contribution in [0.3, 0.4) is 0 Å². The van der Waals surface area contributed by atoms with Crippen molar-refractivity contribution in [3.05, 3.63) is 35.9 Å². The zero-order chi connectivity index (χ0) is 12.1. The molecule has 1 saturated heterocycles. The van der Waals surface area contributed by atoms with Gasteiger partial charge in [0, 0.05) is 0 Å². The quantitative estimate of drug-likeness (QED) is 0.718. The molecule has 0 unspecified atom stereocenters. The zero-order valence-electron chi connectivity index (χ0n) is 9.44. The third-order valence-electron chi connectivity index (χ3n) is 3.60. The monoisotopic (exact) mass is 249 g/mol. The second-order valence-corrected chi connectivity index (χ2v) is 5.11. The number of carbonyl (C=O) groups excluding carboxylic acids is 1. The number of hydrogen-bond donors (Lipinski definition) is 0. The SMILES string of the molecule is C[C@@]12CC[C@@](c3ccccc3)(N=C1Cl)C(=O)O2. The number of fused-ring (bicyclic) bond motifs is 2. The van der Waals surface area contributed by atoms with E-state index < -0.39 is 11.1 Å². The molecule has 88 valence electrons. The third-order valence-corrected chi connectivity index (χ3v) is 4.08. The molecular weight excluding hydrogens is 238 g/mol. The minimum absolute atomic E-state index is 0.290. The Morgan fingerprint density at radius 2 is 2.00 bits per heavy atom. The lowest BCUT2D eigenvalue weighted by Crippen LogP contribution is -2.56. The summed E-state index contributed by atoms with van der Waals surface area (Å²) in [6.45, 7) is 1.81. The van der Waals surface area contributed by atoms with Gasteiger partial charge < -0.3 is 4.74 Å². The van der Waals surface area contributed by atoms with Gasteiger partial charge in [-0.1, -0.05) is 41.9 Å². The predicted octanol–water partition coefficient (Wildman–Crippen LogP) is 2.63. The molecule has 1 fully saturated rings. The normalized spacial score (nSPS) is 35.4. The second-order valence-electron chi connectivity index (χ2n) is 4.75. The van der Waals surface area contributed by atoms with Crippen LogP contribution in [0.1, 0.15) is 25.3 Å². The van der Waals surface area contributed by atoms with Crippen LogP contribution in [0, 0.1) is 0 Å². The Morgan fingerprint density at radius 3 is 2.59 bits per heavy atom. The first kappa shape index (κ1) is 10.8. The van der Waals surface area contributed by atoms with Crippen LogP contribution in [-0.2, 0) is 15.1 Å². The van der Waals surface area contributed by atoms with Gasteiger partial charge in [0.1, 0.15) is 5.17 Å². The van der Waals surface area contributed by atoms with Gasteiger partial charge in [0.15, 0.2) is 11.1 Å². The number of halogens is 1. The van der Waals surface area contributed by atoms with Crippen molar-refractivity contribution in [3.8, 4) is 0 Å². The van der Waals surface area contributed by atoms with Crippen LogP contribution in [0.5, 0.6) is 0 Å². The highest BCUT2D eigenvalue weighted by Crippen LogP contribution is 2.47. The highest BCUT2D eigenvalue weighted by molar-refractivity contribution is 6.67. The maximum atomic E-state index is 12.1. The van der Waals surface area contributed by atoms with E-state index in [1.165, 1.54) is 0 Å². The summed E-state index contributed by atoms with van der Waals surface area (Å²) >= 11 is 6.13. The molecular formula is C13H12ClNO2. The minimum Gasteiger partial charge on any atom is -0.450 e. The van der Waals surface area contributed by atoms with E-state index in [9.17, 15) is 4.79 Å². The summed E-state index contributed by atoms with van der Waals surface area (Å²) in [5.74, 6) is -0.290. The topological polar surface area (TPSA) is 38.7 Å². The van der Waals surface area contributed by atoms with Crippen LogP contribution in [0.15, 0.2) is 35.3 Å². The minimum atomic E-state index is -0.921. The third kappa shape index (κ3) is 1.35. The maximum absolute atomic E-state index is 12.1. The summed E-state index contributed by atoms with van der Waals surface area (Å²) in [7, 11) is 0. The van der Waals surface area contributed by atoms with Crippen LogP contribution >= 0.6 is 11.6 Å². The molecule has 0 spiro atoms. The van der Waals surface area contributed by atoms with Crippen molar-refractivity contribution in [1.82, 2.24) is 0 Å². The molecule has 0 aromatic heterocycles. The van der Waals surface area contributed by atoms with E-state index in [2.05, 4.69) is 4.99 Å². The first-order chi connectivity index (χ1) is 8.07. The number of benzene rings is 1. The van der Waals surface area contributed by atoms with Crippen molar-refractivity contribution in [2.45, 2.75) is 30.9 Å². The molecule has 1 aromatic rings. The molecule has 2 atom stereocenters. The van der Waals surface area contributed by atoms with Crippen molar-refractivity contribution in [1.29, 1.82) is 0 Å². The van der Waals surface area contributed by atoms with Crippen molar-refractivity contribution in [3.63, 3.8) is 0 Å². The molecule has 0 saturated carbocycles. The maximum Gasteiger partial charge on any atom is 0.339 e. The summed E-state index contributed by atoms with van der Waals surface area (Å²) in [6.07, 6.45) is 1.37. The van der Waals surface area contributed by atoms with E-state index in [1.54, 1.807) is 0 Å². The van der Waals surface area contributed by atoms with Crippen LogP contribution < -0.4 is 0 Å². The molecule has 4 heteroatoms. The first-order valence-corrected chi connectivity index (χ1v) is 5.99. The Labute approximate surface area is 104 Å². The van der Waals surface area contributed by atoms with E-state index in [-0.39, 0.29) is 5.97 Å². The van der Waals surface area contributed by atoms with Gasteiger partial charge in [-0.05, 0) is 25.3 Å². The van der Waals surface area contributed by atoms with Gasteiger partial charge in [-0.3, -0.25) is 0 Å². The molecule has 1 aromatic carbocycles. The van der Waals surface area contributed by atoms with E-state index in [0.717, 1.165) is 12.0 Å². The van der Waals surface area contributed by atoms with Gasteiger partial charge >= 0.3 is 5.97 Å². The molecule has 2 bridgehead atoms. The van der Waals surface area contributed by atoms with Crippen LogP contribution in [0.2, 0.25) is 0 Å². The van der Waals surface area contributed by atoms with Gasteiger partial charge in [-0.25, -0.2) is 9.79 Å². The zero-order valence-corrected chi connectivity index (χ0v) is 10.2. The number of carbonyl (C=O) groups is 1. The summed E-state index contributed by atoms with van der Waals surface area (Å²) in [6, 6.07) is 9.48. The fraction of sp³-hybridized carbons (Fsp3) is 0.385. The smallest absolute Gasteiger partial charge is 0.339 e. The molecule has 3 aliphatic heterocycles. The molecule has 0 amide bonds. The van der Waals surface area contributed by atoms with Crippen molar-refractivity contribution in [2.75, 3.05) is 0 Å². The molecule has 0 radical (unpaired) electrons. The second kappa shape index (κ2) is 3.33. The summed E-state index contributed by atoms with van der Waals surface area (Å²) in [4.78, 5) is 16.6. The Kier molecular flexibility index (Phi) is 2.11. The van der Waals surface area contributed by atoms with Crippen LogP contribution in [0.4, 0.5) is 0 Å². The highest BCUT2D eigenvalue weighted by atomic mass is 35.5. The lowest BCUT2D eigenvalue weighted by Gasteiger charge is -2.46. The van der Waals surface area contributed by atoms with E-state index >= 15 is 0 Å². The lowest BCUT2D eigenvalue weighted by molar-refractivity contribution is -0.170. The standard InChI is InChI=1S/C13H12ClNO2/c1-12-7-8-13(11(16)17-12,15-10(12)14)9-5-3-2-4-6-9/h2-6H,7-8H2,1H3/t12-,13+/m1/s1. The number of ether oxygens (including phenoxy) is 1. The molecule has 3 nitrogen and oxygen atoms in total. The Morgan fingerprint density at radius 1 is 1.29 bits per heavy atom. The van der Waals surface area contributed by atoms with E-state index in [1.807, 2.05) is 37.3 Å². The van der Waals surface area contributed by atoms with Gasteiger partial charge in [-0.2, -0.15) is 0 Å². The molecule has 17 heavy (non-hydrogen) atoms. The molecule has 3 heterocycles.